The van der Waals surface area contributed by atoms with Crippen molar-refractivity contribution in [3.63, 3.8) is 0 Å². The summed E-state index contributed by atoms with van der Waals surface area (Å²) in [4.78, 5) is 2.19. The second-order valence-electron chi connectivity index (χ2n) is 2.36. The van der Waals surface area contributed by atoms with E-state index in [0.29, 0.717) is 6.17 Å². The third-order valence-corrected chi connectivity index (χ3v) is 1.35. The summed E-state index contributed by atoms with van der Waals surface area (Å²) in [5, 5.41) is 3.26. The Morgan fingerprint density at radius 1 is 1.43 bits per heavy atom. The van der Waals surface area contributed by atoms with Crippen LogP contribution in [-0.2, 0) is 0 Å². The van der Waals surface area contributed by atoms with E-state index in [4.69, 9.17) is 0 Å². The van der Waals surface area contributed by atoms with Crippen molar-refractivity contribution >= 4 is 0 Å². The standard InChI is InChI=1S/C5H12N2/c1-4-5(6-4)7(2)3/h4-6H,1-3H3. The Hall–Kier alpha value is -0.0800. The van der Waals surface area contributed by atoms with E-state index in [1.54, 1.807) is 0 Å². The summed E-state index contributed by atoms with van der Waals surface area (Å²) < 4.78 is 0. The third kappa shape index (κ3) is 0.924. The molecule has 2 nitrogen and oxygen atoms in total. The number of rotatable bonds is 1. The molecule has 0 aliphatic carbocycles. The second kappa shape index (κ2) is 1.46. The predicted molar refractivity (Wildman–Crippen MR) is 30.1 cm³/mol. The highest BCUT2D eigenvalue weighted by molar-refractivity contribution is 4.91. The van der Waals surface area contributed by atoms with Gasteiger partial charge in [-0.3, -0.25) is 10.2 Å². The number of likely N-dealkylation sites (N-methyl/N-ethyl adjacent to an activating group) is 1. The summed E-state index contributed by atoms with van der Waals surface area (Å²) in [6.07, 6.45) is 0.653. The fourth-order valence-electron chi connectivity index (χ4n) is 0.810. The average molecular weight is 100 g/mol. The van der Waals surface area contributed by atoms with Crippen molar-refractivity contribution in [2.45, 2.75) is 19.1 Å². The molecule has 0 radical (unpaired) electrons. The zero-order valence-corrected chi connectivity index (χ0v) is 5.10. The van der Waals surface area contributed by atoms with Crippen LogP contribution < -0.4 is 5.32 Å². The van der Waals surface area contributed by atoms with E-state index in [1.165, 1.54) is 0 Å². The molecule has 0 spiro atoms. The molecule has 0 saturated carbocycles. The maximum Gasteiger partial charge on any atom is 0.0751 e. The molecule has 1 N–H and O–H groups in total. The van der Waals surface area contributed by atoms with Crippen LogP contribution in [-0.4, -0.2) is 31.2 Å². The number of nitrogens with zero attached hydrogens (tertiary/aromatic N) is 1. The Morgan fingerprint density at radius 2 is 1.86 bits per heavy atom. The molecule has 42 valence electrons. The fourth-order valence-corrected chi connectivity index (χ4v) is 0.810. The van der Waals surface area contributed by atoms with Gasteiger partial charge in [-0.2, -0.15) is 0 Å². The Kier molecular flexibility index (Phi) is 1.05. The van der Waals surface area contributed by atoms with Gasteiger partial charge >= 0.3 is 0 Å². The molecule has 1 fully saturated rings. The van der Waals surface area contributed by atoms with Crippen LogP contribution in [0.5, 0.6) is 0 Å². The van der Waals surface area contributed by atoms with Gasteiger partial charge in [0, 0.05) is 6.04 Å². The van der Waals surface area contributed by atoms with E-state index in [0.717, 1.165) is 6.04 Å². The van der Waals surface area contributed by atoms with Crippen LogP contribution in [0.25, 0.3) is 0 Å². The van der Waals surface area contributed by atoms with Crippen LogP contribution in [0.4, 0.5) is 0 Å². The van der Waals surface area contributed by atoms with Crippen molar-refractivity contribution in [1.29, 1.82) is 0 Å². The Balaban J connectivity index is 2.20. The topological polar surface area (TPSA) is 25.2 Å². The van der Waals surface area contributed by atoms with Crippen molar-refractivity contribution < 1.29 is 0 Å². The van der Waals surface area contributed by atoms with E-state index in [9.17, 15) is 0 Å². The third-order valence-electron chi connectivity index (χ3n) is 1.35. The van der Waals surface area contributed by atoms with Crippen LogP contribution >= 0.6 is 0 Å². The van der Waals surface area contributed by atoms with Gasteiger partial charge in [0.05, 0.1) is 6.17 Å². The largest absolute Gasteiger partial charge is 0.295 e. The van der Waals surface area contributed by atoms with Gasteiger partial charge < -0.3 is 0 Å². The number of hydrogen-bond acceptors (Lipinski definition) is 2. The zero-order valence-electron chi connectivity index (χ0n) is 5.10. The van der Waals surface area contributed by atoms with Gasteiger partial charge in [-0.05, 0) is 21.0 Å². The highest BCUT2D eigenvalue weighted by Gasteiger charge is 2.32. The van der Waals surface area contributed by atoms with Gasteiger partial charge in [0.1, 0.15) is 0 Å². The van der Waals surface area contributed by atoms with Crippen molar-refractivity contribution in [1.82, 2.24) is 10.2 Å². The van der Waals surface area contributed by atoms with Gasteiger partial charge in [0.15, 0.2) is 0 Å². The van der Waals surface area contributed by atoms with E-state index in [1.807, 2.05) is 0 Å². The smallest absolute Gasteiger partial charge is 0.0751 e. The minimum atomic E-state index is 0.653. The molecule has 1 rings (SSSR count). The van der Waals surface area contributed by atoms with E-state index in [2.05, 4.69) is 31.2 Å². The maximum atomic E-state index is 3.26. The van der Waals surface area contributed by atoms with E-state index in [-0.39, 0.29) is 0 Å². The quantitative estimate of drug-likeness (QED) is 0.464. The van der Waals surface area contributed by atoms with Crippen LogP contribution in [0.1, 0.15) is 6.92 Å². The highest BCUT2D eigenvalue weighted by Crippen LogP contribution is 2.09. The molecule has 0 bridgehead atoms. The van der Waals surface area contributed by atoms with Crippen LogP contribution in [0.15, 0.2) is 0 Å². The first kappa shape index (κ1) is 5.06. The van der Waals surface area contributed by atoms with Gasteiger partial charge in [0.2, 0.25) is 0 Å². The van der Waals surface area contributed by atoms with E-state index < -0.39 is 0 Å². The Labute approximate surface area is 44.5 Å². The lowest BCUT2D eigenvalue weighted by Crippen LogP contribution is -2.18. The first-order valence-corrected chi connectivity index (χ1v) is 2.64. The highest BCUT2D eigenvalue weighted by atomic mass is 15.4. The van der Waals surface area contributed by atoms with Gasteiger partial charge in [-0.1, -0.05) is 0 Å². The van der Waals surface area contributed by atoms with Gasteiger partial charge in [-0.25, -0.2) is 0 Å². The SMILES string of the molecule is CC1NC1N(C)C. The summed E-state index contributed by atoms with van der Waals surface area (Å²) in [5.41, 5.74) is 0. The molecular weight excluding hydrogens is 88.1 g/mol. The minimum Gasteiger partial charge on any atom is -0.295 e. The molecule has 2 unspecified atom stereocenters. The number of hydrogen-bond donors (Lipinski definition) is 1. The molecule has 1 heterocycles. The molecule has 0 aromatic rings. The molecule has 7 heavy (non-hydrogen) atoms. The molecular formula is C5H12N2. The second-order valence-corrected chi connectivity index (χ2v) is 2.36. The lowest BCUT2D eigenvalue weighted by atomic mass is 10.5. The van der Waals surface area contributed by atoms with Crippen LogP contribution in [0, 0.1) is 0 Å². The van der Waals surface area contributed by atoms with Crippen molar-refractivity contribution in [3.8, 4) is 0 Å². The van der Waals surface area contributed by atoms with Crippen LogP contribution in [0.3, 0.4) is 0 Å². The average Bonchev–Trinajstić information content (AvgIpc) is 2.17. The molecule has 0 amide bonds. The summed E-state index contributed by atoms with van der Waals surface area (Å²) in [6.45, 7) is 2.19. The maximum absolute atomic E-state index is 3.26. The Morgan fingerprint density at radius 3 is 1.86 bits per heavy atom. The van der Waals surface area contributed by atoms with Crippen molar-refractivity contribution in [2.75, 3.05) is 14.1 Å². The molecule has 2 atom stereocenters. The normalized spacial score (nSPS) is 39.4. The molecule has 0 aromatic carbocycles. The molecule has 1 saturated heterocycles. The van der Waals surface area contributed by atoms with E-state index >= 15 is 0 Å². The molecule has 1 aliphatic heterocycles. The zero-order chi connectivity index (χ0) is 5.44. The molecule has 2 heteroatoms. The predicted octanol–water partition coefficient (Wildman–Crippen LogP) is -0.134. The number of nitrogens with one attached hydrogen (secondary N) is 1. The first-order chi connectivity index (χ1) is 3.22. The summed E-state index contributed by atoms with van der Waals surface area (Å²) >= 11 is 0. The Bertz CT molecular complexity index is 70.5. The summed E-state index contributed by atoms with van der Waals surface area (Å²) in [6, 6.07) is 0.718. The molecule has 1 aliphatic rings. The first-order valence-electron chi connectivity index (χ1n) is 2.64. The lowest BCUT2D eigenvalue weighted by Gasteiger charge is -2.03. The van der Waals surface area contributed by atoms with Crippen LogP contribution in [0.2, 0.25) is 0 Å². The fraction of sp³-hybridized carbons (Fsp3) is 1.00. The minimum absolute atomic E-state index is 0.653. The lowest BCUT2D eigenvalue weighted by molar-refractivity contribution is 0.385. The summed E-state index contributed by atoms with van der Waals surface area (Å²) in [5.74, 6) is 0. The monoisotopic (exact) mass is 100 g/mol. The van der Waals surface area contributed by atoms with Crippen molar-refractivity contribution in [3.05, 3.63) is 0 Å². The molecule has 0 aromatic heterocycles. The van der Waals surface area contributed by atoms with Gasteiger partial charge in [0.25, 0.3) is 0 Å². The van der Waals surface area contributed by atoms with Crippen molar-refractivity contribution in [2.24, 2.45) is 0 Å². The summed E-state index contributed by atoms with van der Waals surface area (Å²) in [7, 11) is 4.17. The van der Waals surface area contributed by atoms with Gasteiger partial charge in [-0.15, -0.1) is 0 Å².